The van der Waals surface area contributed by atoms with E-state index in [-0.39, 0.29) is 12.1 Å². The number of nitrogens with zero attached hydrogens (tertiary/aromatic N) is 2. The van der Waals surface area contributed by atoms with Crippen LogP contribution >= 0.6 is 0 Å². The number of ether oxygens (including phenoxy) is 1. The molecule has 0 aromatic rings. The van der Waals surface area contributed by atoms with Crippen molar-refractivity contribution in [1.29, 1.82) is 0 Å². The Balaban J connectivity index is 1.45. The van der Waals surface area contributed by atoms with E-state index in [1.807, 2.05) is 0 Å². The number of amides is 2. The molecule has 120 valence electrons. The lowest BCUT2D eigenvalue weighted by Gasteiger charge is -2.37. The van der Waals surface area contributed by atoms with Gasteiger partial charge in [-0.3, -0.25) is 4.90 Å². The van der Waals surface area contributed by atoms with Gasteiger partial charge >= 0.3 is 6.03 Å². The molecule has 0 aromatic carbocycles. The van der Waals surface area contributed by atoms with Gasteiger partial charge in [0.15, 0.2) is 0 Å². The van der Waals surface area contributed by atoms with Crippen LogP contribution < -0.4 is 5.32 Å². The molecule has 2 atom stereocenters. The molecule has 1 aliphatic carbocycles. The van der Waals surface area contributed by atoms with E-state index in [2.05, 4.69) is 22.0 Å². The van der Waals surface area contributed by atoms with E-state index in [1.54, 1.807) is 0 Å². The largest absolute Gasteiger partial charge is 0.379 e. The van der Waals surface area contributed by atoms with Gasteiger partial charge in [0, 0.05) is 38.3 Å². The average molecular weight is 295 g/mol. The van der Waals surface area contributed by atoms with Gasteiger partial charge in [-0.1, -0.05) is 6.42 Å². The first-order valence-electron chi connectivity index (χ1n) is 8.61. The summed E-state index contributed by atoms with van der Waals surface area (Å²) in [4.78, 5) is 17.0. The van der Waals surface area contributed by atoms with E-state index in [0.29, 0.717) is 6.04 Å². The summed E-state index contributed by atoms with van der Waals surface area (Å²) in [6.07, 6.45) is 6.36. The second-order valence-electron chi connectivity index (χ2n) is 6.86. The molecule has 2 aliphatic heterocycles. The molecule has 0 radical (unpaired) electrons. The lowest BCUT2D eigenvalue weighted by atomic mass is 9.79. The summed E-state index contributed by atoms with van der Waals surface area (Å²) >= 11 is 0. The van der Waals surface area contributed by atoms with Crippen LogP contribution in [0.4, 0.5) is 4.79 Å². The maximum Gasteiger partial charge on any atom is 0.317 e. The summed E-state index contributed by atoms with van der Waals surface area (Å²) in [5.74, 6) is 0.771. The van der Waals surface area contributed by atoms with Gasteiger partial charge in [0.25, 0.3) is 0 Å². The molecule has 21 heavy (non-hydrogen) atoms. The number of carbonyl (C=O) groups is 1. The number of morpholine rings is 1. The summed E-state index contributed by atoms with van der Waals surface area (Å²) in [5.41, 5.74) is 0. The normalized spacial score (nSPS) is 29.2. The SMILES string of the molecule is C[C@H](CN1CCOCC1)NC(=O)N1CCC[C@@H]1C1CCC1. The van der Waals surface area contributed by atoms with E-state index < -0.39 is 0 Å². The molecule has 2 heterocycles. The second kappa shape index (κ2) is 6.97. The van der Waals surface area contributed by atoms with Crippen LogP contribution in [0.5, 0.6) is 0 Å². The van der Waals surface area contributed by atoms with Gasteiger partial charge in [-0.05, 0) is 38.5 Å². The zero-order valence-corrected chi connectivity index (χ0v) is 13.2. The summed E-state index contributed by atoms with van der Waals surface area (Å²) < 4.78 is 5.37. The summed E-state index contributed by atoms with van der Waals surface area (Å²) in [7, 11) is 0. The van der Waals surface area contributed by atoms with Crippen molar-refractivity contribution in [3.8, 4) is 0 Å². The van der Waals surface area contributed by atoms with Gasteiger partial charge in [0.1, 0.15) is 0 Å². The Labute approximate surface area is 128 Å². The molecule has 0 bridgehead atoms. The number of hydrogen-bond acceptors (Lipinski definition) is 3. The molecule has 2 saturated heterocycles. The molecule has 0 unspecified atom stereocenters. The number of urea groups is 1. The maximum atomic E-state index is 12.5. The third-order valence-corrected chi connectivity index (χ3v) is 5.26. The third kappa shape index (κ3) is 3.69. The standard InChI is InChI=1S/C16H29N3O2/c1-13(12-18-8-10-21-11-9-18)17-16(20)19-7-3-6-15(19)14-4-2-5-14/h13-15H,2-12H2,1H3,(H,17,20)/t13-,15-/m1/s1. The summed E-state index contributed by atoms with van der Waals surface area (Å²) in [5, 5.41) is 3.21. The van der Waals surface area contributed by atoms with Crippen LogP contribution in [-0.2, 0) is 4.74 Å². The van der Waals surface area contributed by atoms with Crippen LogP contribution in [0.1, 0.15) is 39.0 Å². The molecule has 5 heteroatoms. The molecule has 2 amide bonds. The van der Waals surface area contributed by atoms with Crippen LogP contribution in [0, 0.1) is 5.92 Å². The van der Waals surface area contributed by atoms with Crippen molar-refractivity contribution in [2.24, 2.45) is 5.92 Å². The van der Waals surface area contributed by atoms with Crippen molar-refractivity contribution >= 4 is 6.03 Å². The van der Waals surface area contributed by atoms with Gasteiger partial charge in [0.05, 0.1) is 13.2 Å². The monoisotopic (exact) mass is 295 g/mol. The smallest absolute Gasteiger partial charge is 0.317 e. The van der Waals surface area contributed by atoms with Gasteiger partial charge in [-0.2, -0.15) is 0 Å². The first-order chi connectivity index (χ1) is 10.2. The highest BCUT2D eigenvalue weighted by molar-refractivity contribution is 5.75. The number of rotatable bonds is 4. The highest BCUT2D eigenvalue weighted by atomic mass is 16.5. The lowest BCUT2D eigenvalue weighted by molar-refractivity contribution is 0.0344. The van der Waals surface area contributed by atoms with Crippen LogP contribution in [0.15, 0.2) is 0 Å². The minimum Gasteiger partial charge on any atom is -0.379 e. The zero-order chi connectivity index (χ0) is 14.7. The summed E-state index contributed by atoms with van der Waals surface area (Å²) in [6, 6.07) is 0.873. The fourth-order valence-electron chi connectivity index (χ4n) is 3.87. The van der Waals surface area contributed by atoms with Gasteiger partial charge in [-0.25, -0.2) is 4.79 Å². The molecule has 0 aromatic heterocycles. The van der Waals surface area contributed by atoms with Crippen molar-refractivity contribution in [2.75, 3.05) is 39.4 Å². The zero-order valence-electron chi connectivity index (χ0n) is 13.2. The van der Waals surface area contributed by atoms with Crippen molar-refractivity contribution < 1.29 is 9.53 Å². The molecule has 5 nitrogen and oxygen atoms in total. The number of hydrogen-bond donors (Lipinski definition) is 1. The molecule has 1 N–H and O–H groups in total. The second-order valence-corrected chi connectivity index (χ2v) is 6.86. The minimum atomic E-state index is 0.158. The topological polar surface area (TPSA) is 44.8 Å². The van der Waals surface area contributed by atoms with E-state index in [0.717, 1.165) is 45.3 Å². The Hall–Kier alpha value is -0.810. The number of carbonyl (C=O) groups excluding carboxylic acids is 1. The number of likely N-dealkylation sites (tertiary alicyclic amines) is 1. The Kier molecular flexibility index (Phi) is 5.01. The van der Waals surface area contributed by atoms with Gasteiger partial charge in [0.2, 0.25) is 0 Å². The van der Waals surface area contributed by atoms with E-state index in [1.165, 1.54) is 32.1 Å². The third-order valence-electron chi connectivity index (χ3n) is 5.26. The quantitative estimate of drug-likeness (QED) is 0.858. The van der Waals surface area contributed by atoms with E-state index >= 15 is 0 Å². The Bertz CT molecular complexity index is 353. The van der Waals surface area contributed by atoms with E-state index in [9.17, 15) is 4.79 Å². The van der Waals surface area contributed by atoms with Crippen molar-refractivity contribution in [3.63, 3.8) is 0 Å². The van der Waals surface area contributed by atoms with E-state index in [4.69, 9.17) is 4.74 Å². The van der Waals surface area contributed by atoms with Crippen LogP contribution in [0.3, 0.4) is 0 Å². The highest BCUT2D eigenvalue weighted by Gasteiger charge is 2.37. The highest BCUT2D eigenvalue weighted by Crippen LogP contribution is 2.37. The van der Waals surface area contributed by atoms with Crippen molar-refractivity contribution in [1.82, 2.24) is 15.1 Å². The van der Waals surface area contributed by atoms with Crippen LogP contribution in [-0.4, -0.2) is 67.3 Å². The molecular formula is C16H29N3O2. The van der Waals surface area contributed by atoms with Gasteiger partial charge in [-0.15, -0.1) is 0 Å². The molecule has 3 fully saturated rings. The number of nitrogens with one attached hydrogen (secondary N) is 1. The first-order valence-corrected chi connectivity index (χ1v) is 8.61. The fourth-order valence-corrected chi connectivity index (χ4v) is 3.87. The molecular weight excluding hydrogens is 266 g/mol. The summed E-state index contributed by atoms with van der Waals surface area (Å²) in [6.45, 7) is 7.58. The van der Waals surface area contributed by atoms with Crippen molar-refractivity contribution in [3.05, 3.63) is 0 Å². The predicted molar refractivity (Wildman–Crippen MR) is 82.3 cm³/mol. The fraction of sp³-hybridized carbons (Fsp3) is 0.938. The molecule has 3 rings (SSSR count). The van der Waals surface area contributed by atoms with Crippen molar-refractivity contribution in [2.45, 2.75) is 51.1 Å². The minimum absolute atomic E-state index is 0.158. The molecule has 1 saturated carbocycles. The van der Waals surface area contributed by atoms with Gasteiger partial charge < -0.3 is 15.0 Å². The maximum absolute atomic E-state index is 12.5. The average Bonchev–Trinajstić information content (AvgIpc) is 2.86. The first kappa shape index (κ1) is 15.1. The van der Waals surface area contributed by atoms with Crippen LogP contribution in [0.2, 0.25) is 0 Å². The molecule has 3 aliphatic rings. The van der Waals surface area contributed by atoms with Crippen LogP contribution in [0.25, 0.3) is 0 Å². The lowest BCUT2D eigenvalue weighted by Crippen LogP contribution is -2.52. The predicted octanol–water partition coefficient (Wildman–Crippen LogP) is 1.68. The Morgan fingerprint density at radius 1 is 1.19 bits per heavy atom. The Morgan fingerprint density at radius 3 is 2.62 bits per heavy atom. The Morgan fingerprint density at radius 2 is 1.95 bits per heavy atom. The molecule has 0 spiro atoms.